The van der Waals surface area contributed by atoms with E-state index in [1.54, 1.807) is 49.4 Å². The fourth-order valence-electron chi connectivity index (χ4n) is 2.17. The van der Waals surface area contributed by atoms with Gasteiger partial charge in [-0.05, 0) is 43.3 Å². The molecule has 0 fully saturated rings. The highest BCUT2D eigenvalue weighted by Gasteiger charge is 2.10. The van der Waals surface area contributed by atoms with Gasteiger partial charge in [-0.1, -0.05) is 18.2 Å². The highest BCUT2D eigenvalue weighted by molar-refractivity contribution is 6.05. The van der Waals surface area contributed by atoms with Crippen LogP contribution in [0, 0.1) is 0 Å². The first-order chi connectivity index (χ1) is 13.0. The summed E-state index contributed by atoms with van der Waals surface area (Å²) in [5.74, 6) is -0.810. The second kappa shape index (κ2) is 9.76. The molecule has 0 aromatic heterocycles. The highest BCUT2D eigenvalue weighted by atomic mass is 16.5. The van der Waals surface area contributed by atoms with E-state index in [2.05, 4.69) is 10.6 Å². The molecule has 140 valence electrons. The molecule has 7 nitrogen and oxygen atoms in total. The third kappa shape index (κ3) is 6.00. The lowest BCUT2D eigenvalue weighted by molar-refractivity contribution is -0.142. The maximum absolute atomic E-state index is 12.3. The molecule has 7 heteroatoms. The van der Waals surface area contributed by atoms with Crippen molar-refractivity contribution in [3.63, 3.8) is 0 Å². The molecular weight excluding hydrogens is 348 g/mol. The number of carbonyl (C=O) groups is 3. The fraction of sp³-hybridized carbons (Fsp3) is 0.150. The topological polar surface area (TPSA) is 93.7 Å². The second-order valence-corrected chi connectivity index (χ2v) is 5.39. The monoisotopic (exact) mass is 368 g/mol. The summed E-state index contributed by atoms with van der Waals surface area (Å²) in [5.41, 5.74) is 1.46. The Hall–Kier alpha value is -3.61. The molecule has 0 unspecified atom stereocenters. The van der Waals surface area contributed by atoms with Crippen LogP contribution < -0.4 is 15.4 Å². The van der Waals surface area contributed by atoms with Crippen molar-refractivity contribution in [1.29, 1.82) is 0 Å². The van der Waals surface area contributed by atoms with Crippen LogP contribution in [0.4, 0.5) is 11.4 Å². The zero-order valence-electron chi connectivity index (χ0n) is 15.0. The molecule has 2 N–H and O–H groups in total. The van der Waals surface area contributed by atoms with Gasteiger partial charge in [-0.2, -0.15) is 0 Å². The number of nitrogens with one attached hydrogen (secondary N) is 2. The van der Waals surface area contributed by atoms with Crippen molar-refractivity contribution in [2.24, 2.45) is 0 Å². The van der Waals surface area contributed by atoms with Gasteiger partial charge in [-0.25, -0.2) is 4.79 Å². The lowest BCUT2D eigenvalue weighted by Crippen LogP contribution is -2.20. The number of esters is 1. The molecule has 0 bridgehead atoms. The molecule has 2 rings (SSSR count). The molecule has 0 radical (unpaired) electrons. The molecule has 2 amide bonds. The Labute approximate surface area is 157 Å². The number of anilines is 2. The number of para-hydroxylation sites is 2. The van der Waals surface area contributed by atoms with Crippen molar-refractivity contribution in [2.75, 3.05) is 24.4 Å². The van der Waals surface area contributed by atoms with E-state index in [0.717, 1.165) is 0 Å². The number of rotatable bonds is 7. The first-order valence-corrected chi connectivity index (χ1v) is 8.17. The quantitative estimate of drug-likeness (QED) is 0.579. The van der Waals surface area contributed by atoms with E-state index in [-0.39, 0.29) is 12.5 Å². The van der Waals surface area contributed by atoms with Crippen LogP contribution in [-0.2, 0) is 14.3 Å². The molecule has 0 aliphatic heterocycles. The number of ether oxygens (including phenoxy) is 2. The van der Waals surface area contributed by atoms with E-state index in [1.165, 1.54) is 19.3 Å². The van der Waals surface area contributed by atoms with E-state index in [0.29, 0.717) is 22.7 Å². The van der Waals surface area contributed by atoms with Gasteiger partial charge in [0.25, 0.3) is 11.8 Å². The number of hydrogen-bond donors (Lipinski definition) is 2. The highest BCUT2D eigenvalue weighted by Crippen LogP contribution is 2.23. The number of methoxy groups -OCH3 is 1. The molecule has 0 atom stereocenters. The molecule has 0 heterocycles. The molecular formula is C20H20N2O5. The molecule has 0 saturated heterocycles. The summed E-state index contributed by atoms with van der Waals surface area (Å²) >= 11 is 0. The van der Waals surface area contributed by atoms with Crippen LogP contribution in [0.1, 0.15) is 17.3 Å². The fourth-order valence-corrected chi connectivity index (χ4v) is 2.17. The van der Waals surface area contributed by atoms with Gasteiger partial charge in [0.2, 0.25) is 0 Å². The summed E-state index contributed by atoms with van der Waals surface area (Å²) < 4.78 is 9.95. The molecule has 0 saturated carbocycles. The normalized spacial score (nSPS) is 10.3. The van der Waals surface area contributed by atoms with Gasteiger partial charge in [0.15, 0.2) is 6.61 Å². The van der Waals surface area contributed by atoms with Gasteiger partial charge in [-0.3, -0.25) is 9.59 Å². The maximum Gasteiger partial charge on any atom is 0.330 e. The lowest BCUT2D eigenvalue weighted by atomic mass is 10.2. The zero-order chi connectivity index (χ0) is 19.6. The van der Waals surface area contributed by atoms with E-state index in [4.69, 9.17) is 9.47 Å². The van der Waals surface area contributed by atoms with Crippen molar-refractivity contribution < 1.29 is 23.9 Å². The van der Waals surface area contributed by atoms with Crippen LogP contribution in [0.5, 0.6) is 5.75 Å². The Morgan fingerprint density at radius 3 is 2.37 bits per heavy atom. The average molecular weight is 368 g/mol. The van der Waals surface area contributed by atoms with Crippen molar-refractivity contribution in [1.82, 2.24) is 0 Å². The molecule has 27 heavy (non-hydrogen) atoms. The molecule has 2 aromatic carbocycles. The Balaban J connectivity index is 1.93. The summed E-state index contributed by atoms with van der Waals surface area (Å²) in [4.78, 5) is 35.3. The minimum Gasteiger partial charge on any atom is -0.495 e. The summed E-state index contributed by atoms with van der Waals surface area (Å²) in [7, 11) is 1.53. The Morgan fingerprint density at radius 1 is 1.00 bits per heavy atom. The third-order valence-electron chi connectivity index (χ3n) is 3.43. The predicted molar refractivity (Wildman–Crippen MR) is 102 cm³/mol. The lowest BCUT2D eigenvalue weighted by Gasteiger charge is -2.10. The SMILES string of the molecule is C/C=C/C(=O)OCC(=O)Nc1ccc(C(=O)Nc2ccccc2OC)cc1. The van der Waals surface area contributed by atoms with E-state index in [1.807, 2.05) is 6.07 Å². The minimum absolute atomic E-state index is 0.308. The van der Waals surface area contributed by atoms with E-state index >= 15 is 0 Å². The van der Waals surface area contributed by atoms with Gasteiger partial charge in [0.05, 0.1) is 12.8 Å². The molecule has 0 aliphatic carbocycles. The number of amides is 2. The number of benzene rings is 2. The van der Waals surface area contributed by atoms with Gasteiger partial charge in [0, 0.05) is 17.3 Å². The summed E-state index contributed by atoms with van der Waals surface area (Å²) in [5, 5.41) is 5.35. The standard InChI is InChI=1S/C20H20N2O5/c1-3-6-19(24)27-13-18(23)21-15-11-9-14(10-12-15)20(25)22-16-7-4-5-8-17(16)26-2/h3-12H,13H2,1-2H3,(H,21,23)(H,22,25)/b6-3+. The molecule has 2 aromatic rings. The van der Waals surface area contributed by atoms with Gasteiger partial charge >= 0.3 is 5.97 Å². The van der Waals surface area contributed by atoms with Crippen LogP contribution in [-0.4, -0.2) is 31.5 Å². The van der Waals surface area contributed by atoms with Crippen molar-refractivity contribution in [3.8, 4) is 5.75 Å². The van der Waals surface area contributed by atoms with E-state index < -0.39 is 11.9 Å². The Morgan fingerprint density at radius 2 is 1.70 bits per heavy atom. The van der Waals surface area contributed by atoms with Crippen LogP contribution in [0.15, 0.2) is 60.7 Å². The first kappa shape index (κ1) is 19.7. The number of allylic oxidation sites excluding steroid dienone is 1. The number of carbonyl (C=O) groups excluding carboxylic acids is 3. The molecule has 0 aliphatic rings. The van der Waals surface area contributed by atoms with E-state index in [9.17, 15) is 14.4 Å². The molecule has 0 spiro atoms. The second-order valence-electron chi connectivity index (χ2n) is 5.39. The predicted octanol–water partition coefficient (Wildman–Crippen LogP) is 3.01. The van der Waals surface area contributed by atoms with Crippen molar-refractivity contribution in [2.45, 2.75) is 6.92 Å². The van der Waals surface area contributed by atoms with Gasteiger partial charge in [0.1, 0.15) is 5.75 Å². The largest absolute Gasteiger partial charge is 0.495 e. The minimum atomic E-state index is -0.587. The Bertz CT molecular complexity index is 844. The zero-order valence-corrected chi connectivity index (χ0v) is 15.0. The summed E-state index contributed by atoms with van der Waals surface area (Å²) in [6, 6.07) is 13.4. The van der Waals surface area contributed by atoms with Crippen molar-refractivity contribution >= 4 is 29.2 Å². The maximum atomic E-state index is 12.3. The number of hydrogen-bond acceptors (Lipinski definition) is 5. The van der Waals surface area contributed by atoms with Gasteiger partial charge < -0.3 is 20.1 Å². The summed E-state index contributed by atoms with van der Waals surface area (Å²) in [6.07, 6.45) is 2.75. The smallest absolute Gasteiger partial charge is 0.330 e. The van der Waals surface area contributed by atoms with Crippen LogP contribution >= 0.6 is 0 Å². The average Bonchev–Trinajstić information content (AvgIpc) is 2.67. The summed E-state index contributed by atoms with van der Waals surface area (Å²) in [6.45, 7) is 1.28. The van der Waals surface area contributed by atoms with Crippen LogP contribution in [0.3, 0.4) is 0 Å². The van der Waals surface area contributed by atoms with Crippen LogP contribution in [0.25, 0.3) is 0 Å². The third-order valence-corrected chi connectivity index (χ3v) is 3.43. The first-order valence-electron chi connectivity index (χ1n) is 8.17. The van der Waals surface area contributed by atoms with Crippen molar-refractivity contribution in [3.05, 3.63) is 66.2 Å². The Kier molecular flexibility index (Phi) is 7.13. The van der Waals surface area contributed by atoms with Crippen LogP contribution in [0.2, 0.25) is 0 Å². The van der Waals surface area contributed by atoms with Gasteiger partial charge in [-0.15, -0.1) is 0 Å².